The fourth-order valence-electron chi connectivity index (χ4n) is 2.68. The molecule has 1 aromatic heterocycles. The molecule has 1 aromatic carbocycles. The molecule has 0 aliphatic carbocycles. The van der Waals surface area contributed by atoms with Crippen LogP contribution < -0.4 is 5.32 Å². The predicted octanol–water partition coefficient (Wildman–Crippen LogP) is 4.72. The summed E-state index contributed by atoms with van der Waals surface area (Å²) in [5.74, 6) is 0. The van der Waals surface area contributed by atoms with Gasteiger partial charge in [-0.3, -0.25) is 0 Å². The molecule has 0 unspecified atom stereocenters. The molecule has 0 aliphatic heterocycles. The molecule has 1 heterocycles. The fraction of sp³-hybridized carbons (Fsp3) is 0.556. The van der Waals surface area contributed by atoms with E-state index in [2.05, 4.69) is 61.0 Å². The van der Waals surface area contributed by atoms with Gasteiger partial charge in [0.1, 0.15) is 0 Å². The van der Waals surface area contributed by atoms with Crippen molar-refractivity contribution in [1.29, 1.82) is 0 Å². The molecule has 1 N–H and O–H groups in total. The number of para-hydroxylation sites is 1. The van der Waals surface area contributed by atoms with Crippen LogP contribution in [0.5, 0.6) is 0 Å². The van der Waals surface area contributed by atoms with Crippen LogP contribution in [0.25, 0.3) is 10.9 Å². The number of benzene rings is 1. The molecule has 0 spiro atoms. The van der Waals surface area contributed by atoms with Crippen LogP contribution in [0, 0.1) is 0 Å². The van der Waals surface area contributed by atoms with Crippen LogP contribution in [0.3, 0.4) is 0 Å². The molecule has 0 saturated carbocycles. The third-order valence-corrected chi connectivity index (χ3v) is 3.82. The highest BCUT2D eigenvalue weighted by molar-refractivity contribution is 5.81. The fourth-order valence-corrected chi connectivity index (χ4v) is 2.68. The first kappa shape index (κ1) is 15.1. The molecule has 2 rings (SSSR count). The minimum atomic E-state index is 0.529. The van der Waals surface area contributed by atoms with Gasteiger partial charge in [0, 0.05) is 30.3 Å². The summed E-state index contributed by atoms with van der Waals surface area (Å²) in [6.45, 7) is 8.77. The number of fused-ring (bicyclic) bond motifs is 1. The normalized spacial score (nSPS) is 11.6. The summed E-state index contributed by atoms with van der Waals surface area (Å²) in [6.07, 6.45) is 5.26. The molecular formula is C18H28N2. The molecule has 0 aliphatic rings. The van der Waals surface area contributed by atoms with E-state index in [4.69, 9.17) is 0 Å². The van der Waals surface area contributed by atoms with Crippen LogP contribution in [0.1, 0.15) is 52.1 Å². The zero-order valence-electron chi connectivity index (χ0n) is 13.2. The molecule has 2 aromatic rings. The smallest absolute Gasteiger partial charge is 0.0482 e. The van der Waals surface area contributed by atoms with Crippen molar-refractivity contribution in [2.75, 3.05) is 0 Å². The van der Waals surface area contributed by atoms with Gasteiger partial charge in [0.05, 0.1) is 0 Å². The predicted molar refractivity (Wildman–Crippen MR) is 88.1 cm³/mol. The Morgan fingerprint density at radius 1 is 1.10 bits per heavy atom. The Kier molecular flexibility index (Phi) is 5.66. The molecule has 2 nitrogen and oxygen atoms in total. The minimum absolute atomic E-state index is 0.529. The first-order valence-electron chi connectivity index (χ1n) is 8.03. The maximum Gasteiger partial charge on any atom is 0.0482 e. The van der Waals surface area contributed by atoms with Gasteiger partial charge in [-0.2, -0.15) is 0 Å². The minimum Gasteiger partial charge on any atom is -0.343 e. The molecule has 2 heteroatoms. The van der Waals surface area contributed by atoms with E-state index in [1.807, 2.05) is 0 Å². The van der Waals surface area contributed by atoms with Crippen LogP contribution in [0.4, 0.5) is 0 Å². The number of hydrogen-bond donors (Lipinski definition) is 1. The van der Waals surface area contributed by atoms with Gasteiger partial charge in [-0.05, 0) is 23.9 Å². The number of aromatic nitrogens is 1. The Bertz CT molecular complexity index is 525. The van der Waals surface area contributed by atoms with Crippen LogP contribution in [-0.4, -0.2) is 10.6 Å². The first-order valence-corrected chi connectivity index (χ1v) is 8.03. The Morgan fingerprint density at radius 2 is 1.90 bits per heavy atom. The number of aryl methyl sites for hydroxylation is 1. The second kappa shape index (κ2) is 7.49. The molecular weight excluding hydrogens is 244 g/mol. The van der Waals surface area contributed by atoms with E-state index in [-0.39, 0.29) is 0 Å². The highest BCUT2D eigenvalue weighted by Crippen LogP contribution is 2.21. The van der Waals surface area contributed by atoms with Gasteiger partial charge in [0.25, 0.3) is 0 Å². The quantitative estimate of drug-likeness (QED) is 0.688. The maximum atomic E-state index is 3.54. The van der Waals surface area contributed by atoms with Gasteiger partial charge >= 0.3 is 0 Å². The van der Waals surface area contributed by atoms with Crippen molar-refractivity contribution in [2.24, 2.45) is 0 Å². The zero-order valence-corrected chi connectivity index (χ0v) is 13.2. The van der Waals surface area contributed by atoms with Gasteiger partial charge in [-0.1, -0.05) is 58.2 Å². The molecule has 0 amide bonds. The summed E-state index contributed by atoms with van der Waals surface area (Å²) in [5.41, 5.74) is 2.79. The molecule has 0 fully saturated rings. The average Bonchev–Trinajstić information content (AvgIpc) is 2.79. The van der Waals surface area contributed by atoms with Crippen molar-refractivity contribution < 1.29 is 0 Å². The largest absolute Gasteiger partial charge is 0.343 e. The number of rotatable bonds is 8. The molecule has 0 atom stereocenters. The lowest BCUT2D eigenvalue weighted by Crippen LogP contribution is -2.23. The van der Waals surface area contributed by atoms with Crippen LogP contribution in [-0.2, 0) is 13.1 Å². The summed E-state index contributed by atoms with van der Waals surface area (Å²) < 4.78 is 2.50. The maximum absolute atomic E-state index is 3.54. The highest BCUT2D eigenvalue weighted by atomic mass is 15.0. The Morgan fingerprint density at radius 3 is 2.65 bits per heavy atom. The highest BCUT2D eigenvalue weighted by Gasteiger charge is 2.08. The van der Waals surface area contributed by atoms with Crippen LogP contribution in [0.2, 0.25) is 0 Å². The van der Waals surface area contributed by atoms with Gasteiger partial charge in [-0.25, -0.2) is 0 Å². The molecule has 20 heavy (non-hydrogen) atoms. The summed E-state index contributed by atoms with van der Waals surface area (Å²) in [7, 11) is 0. The Labute approximate surface area is 123 Å². The summed E-state index contributed by atoms with van der Waals surface area (Å²) in [4.78, 5) is 0. The van der Waals surface area contributed by atoms with Gasteiger partial charge in [0.15, 0.2) is 0 Å². The monoisotopic (exact) mass is 272 g/mol. The van der Waals surface area contributed by atoms with Crippen molar-refractivity contribution in [3.8, 4) is 0 Å². The second-order valence-electron chi connectivity index (χ2n) is 5.94. The van der Waals surface area contributed by atoms with Crippen molar-refractivity contribution in [1.82, 2.24) is 9.88 Å². The van der Waals surface area contributed by atoms with E-state index < -0.39 is 0 Å². The van der Waals surface area contributed by atoms with Gasteiger partial charge in [0.2, 0.25) is 0 Å². The second-order valence-corrected chi connectivity index (χ2v) is 5.94. The lowest BCUT2D eigenvalue weighted by atomic mass is 10.2. The topological polar surface area (TPSA) is 17.0 Å². The van der Waals surface area contributed by atoms with Gasteiger partial charge < -0.3 is 9.88 Å². The van der Waals surface area contributed by atoms with E-state index in [1.54, 1.807) is 0 Å². The van der Waals surface area contributed by atoms with Crippen molar-refractivity contribution in [3.05, 3.63) is 36.0 Å². The molecule has 0 bridgehead atoms. The zero-order chi connectivity index (χ0) is 14.4. The number of hydrogen-bond acceptors (Lipinski definition) is 1. The summed E-state index contributed by atoms with van der Waals surface area (Å²) >= 11 is 0. The molecule has 0 saturated heterocycles. The van der Waals surface area contributed by atoms with Crippen LogP contribution >= 0.6 is 0 Å². The van der Waals surface area contributed by atoms with E-state index >= 15 is 0 Å². The van der Waals surface area contributed by atoms with E-state index in [0.717, 1.165) is 13.1 Å². The van der Waals surface area contributed by atoms with Crippen LogP contribution in [0.15, 0.2) is 30.3 Å². The Balaban J connectivity index is 2.16. The number of nitrogens with one attached hydrogen (secondary N) is 1. The van der Waals surface area contributed by atoms with Crippen molar-refractivity contribution in [2.45, 2.75) is 65.6 Å². The third-order valence-electron chi connectivity index (χ3n) is 3.82. The SMILES string of the molecule is CCCCCCn1c(CNC(C)C)cc2ccccc21. The standard InChI is InChI=1S/C18H28N2/c1-4-5-6-9-12-20-17(14-19-15(2)3)13-16-10-7-8-11-18(16)20/h7-8,10-11,13,15,19H,4-6,9,12,14H2,1-3H3. The molecule has 110 valence electrons. The number of unbranched alkanes of at least 4 members (excludes halogenated alkanes) is 3. The van der Waals surface area contributed by atoms with E-state index in [0.29, 0.717) is 6.04 Å². The summed E-state index contributed by atoms with van der Waals surface area (Å²) in [6, 6.07) is 11.6. The van der Waals surface area contributed by atoms with Gasteiger partial charge in [-0.15, -0.1) is 0 Å². The van der Waals surface area contributed by atoms with Crippen molar-refractivity contribution in [3.63, 3.8) is 0 Å². The van der Waals surface area contributed by atoms with E-state index in [9.17, 15) is 0 Å². The summed E-state index contributed by atoms with van der Waals surface area (Å²) in [5, 5.41) is 4.91. The number of nitrogens with zero attached hydrogens (tertiary/aromatic N) is 1. The lowest BCUT2D eigenvalue weighted by molar-refractivity contribution is 0.539. The third kappa shape index (κ3) is 3.86. The lowest BCUT2D eigenvalue weighted by Gasteiger charge is -2.13. The van der Waals surface area contributed by atoms with E-state index in [1.165, 1.54) is 42.3 Å². The first-order chi connectivity index (χ1) is 9.72. The Hall–Kier alpha value is -1.28. The van der Waals surface area contributed by atoms with Crippen molar-refractivity contribution >= 4 is 10.9 Å². The average molecular weight is 272 g/mol. The molecule has 0 radical (unpaired) electrons.